The maximum atomic E-state index is 12.8. The third-order valence-corrected chi connectivity index (χ3v) is 4.71. The summed E-state index contributed by atoms with van der Waals surface area (Å²) in [6.07, 6.45) is 3.79. The normalized spacial score (nSPS) is 18.1. The van der Waals surface area contributed by atoms with Crippen LogP contribution in [0.25, 0.3) is 0 Å². The number of hydrogen-bond donors (Lipinski definition) is 0. The Morgan fingerprint density at radius 2 is 1.83 bits per heavy atom. The lowest BCUT2D eigenvalue weighted by molar-refractivity contribution is -0.150. The Morgan fingerprint density at radius 1 is 1.17 bits per heavy atom. The summed E-state index contributed by atoms with van der Waals surface area (Å²) in [5.41, 5.74) is 0.469. The molecule has 0 amide bonds. The highest BCUT2D eigenvalue weighted by molar-refractivity contribution is 5.85. The number of rotatable bonds is 5. The van der Waals surface area contributed by atoms with E-state index in [2.05, 4.69) is 0 Å². The van der Waals surface area contributed by atoms with Crippen LogP contribution >= 0.6 is 12.4 Å². The Morgan fingerprint density at radius 3 is 2.50 bits per heavy atom. The van der Waals surface area contributed by atoms with Crippen molar-refractivity contribution >= 4 is 18.4 Å². The van der Waals surface area contributed by atoms with E-state index >= 15 is 0 Å². The van der Waals surface area contributed by atoms with E-state index < -0.39 is 5.41 Å². The Bertz CT molecular complexity index is 570. The van der Waals surface area contributed by atoms with Crippen LogP contribution in [-0.2, 0) is 14.9 Å². The van der Waals surface area contributed by atoms with Gasteiger partial charge >= 0.3 is 5.97 Å². The minimum Gasteiger partial charge on any atom is -0.486 e. The highest BCUT2D eigenvalue weighted by Gasteiger charge is 2.44. The molecule has 1 aliphatic carbocycles. The van der Waals surface area contributed by atoms with Crippen molar-refractivity contribution in [2.24, 2.45) is 0 Å². The van der Waals surface area contributed by atoms with Crippen LogP contribution in [-0.4, -0.2) is 51.3 Å². The van der Waals surface area contributed by atoms with Gasteiger partial charge < -0.3 is 19.1 Å². The number of fused-ring (bicyclic) bond motifs is 1. The van der Waals surface area contributed by atoms with Crippen molar-refractivity contribution in [3.05, 3.63) is 23.8 Å². The molecule has 0 aromatic heterocycles. The molecule has 1 heterocycles. The first kappa shape index (κ1) is 18.9. The average Bonchev–Trinajstić information content (AvgIpc) is 3.05. The molecule has 0 spiro atoms. The molecule has 0 atom stereocenters. The monoisotopic (exact) mass is 355 g/mol. The second-order valence-corrected chi connectivity index (χ2v) is 6.59. The van der Waals surface area contributed by atoms with Crippen LogP contribution in [0.2, 0.25) is 0 Å². The van der Waals surface area contributed by atoms with Gasteiger partial charge in [-0.25, -0.2) is 0 Å². The van der Waals surface area contributed by atoms with Gasteiger partial charge in [0.1, 0.15) is 19.8 Å². The number of carbonyl (C=O) groups is 1. The van der Waals surface area contributed by atoms with Crippen LogP contribution in [0, 0.1) is 0 Å². The van der Waals surface area contributed by atoms with E-state index in [9.17, 15) is 4.79 Å². The van der Waals surface area contributed by atoms with Gasteiger partial charge in [0.15, 0.2) is 11.5 Å². The molecule has 1 aromatic rings. The van der Waals surface area contributed by atoms with Gasteiger partial charge in [-0.3, -0.25) is 4.79 Å². The van der Waals surface area contributed by atoms with Crippen LogP contribution in [0.3, 0.4) is 0 Å². The van der Waals surface area contributed by atoms with Crippen LogP contribution in [0.5, 0.6) is 11.5 Å². The number of likely N-dealkylation sites (N-methyl/N-ethyl adjacent to an activating group) is 1. The zero-order valence-electron chi connectivity index (χ0n) is 14.4. The van der Waals surface area contributed by atoms with Gasteiger partial charge in [0.25, 0.3) is 0 Å². The van der Waals surface area contributed by atoms with Crippen LogP contribution in [0.1, 0.15) is 31.2 Å². The summed E-state index contributed by atoms with van der Waals surface area (Å²) in [4.78, 5) is 14.8. The van der Waals surface area contributed by atoms with Gasteiger partial charge in [-0.2, -0.15) is 0 Å². The van der Waals surface area contributed by atoms with Crippen molar-refractivity contribution in [1.29, 1.82) is 0 Å². The van der Waals surface area contributed by atoms with E-state index in [4.69, 9.17) is 14.2 Å². The molecular formula is C18H26ClNO4. The van der Waals surface area contributed by atoms with Crippen LogP contribution in [0.15, 0.2) is 18.2 Å². The molecule has 5 nitrogen and oxygen atoms in total. The summed E-state index contributed by atoms with van der Waals surface area (Å²) in [6.45, 7) is 2.29. The fourth-order valence-corrected chi connectivity index (χ4v) is 3.39. The Kier molecular flexibility index (Phi) is 6.35. The summed E-state index contributed by atoms with van der Waals surface area (Å²) in [7, 11) is 3.94. The molecular weight excluding hydrogens is 330 g/mol. The third-order valence-electron chi connectivity index (χ3n) is 4.71. The second kappa shape index (κ2) is 8.08. The number of nitrogens with zero attached hydrogens (tertiary/aromatic N) is 1. The maximum Gasteiger partial charge on any atom is 0.316 e. The third kappa shape index (κ3) is 3.78. The number of hydrogen-bond acceptors (Lipinski definition) is 5. The van der Waals surface area contributed by atoms with Crippen molar-refractivity contribution in [3.63, 3.8) is 0 Å². The predicted molar refractivity (Wildman–Crippen MR) is 94.3 cm³/mol. The smallest absolute Gasteiger partial charge is 0.316 e. The highest BCUT2D eigenvalue weighted by atomic mass is 35.5. The van der Waals surface area contributed by atoms with Crippen molar-refractivity contribution in [2.75, 3.05) is 40.5 Å². The molecule has 2 aliphatic rings. The van der Waals surface area contributed by atoms with Gasteiger partial charge in [0.05, 0.1) is 5.41 Å². The van der Waals surface area contributed by atoms with Crippen molar-refractivity contribution in [1.82, 2.24) is 4.90 Å². The highest BCUT2D eigenvalue weighted by Crippen LogP contribution is 2.45. The minimum atomic E-state index is -0.526. The van der Waals surface area contributed by atoms with E-state index in [1.165, 1.54) is 0 Å². The Labute approximate surface area is 149 Å². The van der Waals surface area contributed by atoms with Gasteiger partial charge in [0.2, 0.25) is 0 Å². The van der Waals surface area contributed by atoms with E-state index in [1.54, 1.807) is 0 Å². The van der Waals surface area contributed by atoms with Crippen LogP contribution in [0.4, 0.5) is 0 Å². The van der Waals surface area contributed by atoms with Gasteiger partial charge in [0, 0.05) is 6.54 Å². The maximum absolute atomic E-state index is 12.8. The first-order valence-corrected chi connectivity index (χ1v) is 8.34. The number of ether oxygens (including phenoxy) is 3. The zero-order valence-corrected chi connectivity index (χ0v) is 15.2. The molecule has 1 aliphatic heterocycles. The van der Waals surface area contributed by atoms with Crippen molar-refractivity contribution in [3.8, 4) is 11.5 Å². The quantitative estimate of drug-likeness (QED) is 0.760. The molecule has 1 aromatic carbocycles. The average molecular weight is 356 g/mol. The van der Waals surface area contributed by atoms with E-state index in [0.29, 0.717) is 19.8 Å². The largest absolute Gasteiger partial charge is 0.486 e. The molecule has 0 bridgehead atoms. The predicted octanol–water partition coefficient (Wildman–Crippen LogP) is 2.80. The topological polar surface area (TPSA) is 48.0 Å². The molecule has 6 heteroatoms. The van der Waals surface area contributed by atoms with E-state index in [-0.39, 0.29) is 18.4 Å². The Balaban J connectivity index is 0.00000208. The van der Waals surface area contributed by atoms with Gasteiger partial charge in [-0.1, -0.05) is 18.9 Å². The van der Waals surface area contributed by atoms with Crippen LogP contribution < -0.4 is 9.47 Å². The molecule has 1 saturated carbocycles. The fraction of sp³-hybridized carbons (Fsp3) is 0.611. The van der Waals surface area contributed by atoms with E-state index in [1.807, 2.05) is 37.2 Å². The summed E-state index contributed by atoms with van der Waals surface area (Å²) in [5, 5.41) is 0. The molecule has 0 saturated heterocycles. The molecule has 1 fully saturated rings. The number of halogens is 1. The molecule has 3 rings (SSSR count). The first-order chi connectivity index (χ1) is 11.1. The lowest BCUT2D eigenvalue weighted by Crippen LogP contribution is -2.36. The SMILES string of the molecule is CN(C)CCOC(=O)C1(c2ccc3c(c2)OCCO3)CCCC1.Cl. The lowest BCUT2D eigenvalue weighted by atomic mass is 9.78. The van der Waals surface area contributed by atoms with Crippen molar-refractivity contribution in [2.45, 2.75) is 31.1 Å². The summed E-state index contributed by atoms with van der Waals surface area (Å²) < 4.78 is 16.8. The summed E-state index contributed by atoms with van der Waals surface area (Å²) in [5.74, 6) is 1.39. The van der Waals surface area contributed by atoms with E-state index in [0.717, 1.165) is 49.3 Å². The van der Waals surface area contributed by atoms with Crippen molar-refractivity contribution < 1.29 is 19.0 Å². The molecule has 0 radical (unpaired) electrons. The van der Waals surface area contributed by atoms with Gasteiger partial charge in [-0.15, -0.1) is 12.4 Å². The molecule has 0 N–H and O–H groups in total. The number of benzene rings is 1. The second-order valence-electron chi connectivity index (χ2n) is 6.59. The lowest BCUT2D eigenvalue weighted by Gasteiger charge is -2.29. The fourth-order valence-electron chi connectivity index (χ4n) is 3.39. The first-order valence-electron chi connectivity index (χ1n) is 8.34. The zero-order chi connectivity index (χ0) is 16.3. The summed E-state index contributed by atoms with van der Waals surface area (Å²) in [6, 6.07) is 5.87. The molecule has 24 heavy (non-hydrogen) atoms. The standard InChI is InChI=1S/C18H25NO4.ClH/c1-19(2)9-10-23-17(20)18(7-3-4-8-18)14-5-6-15-16(13-14)22-12-11-21-15;/h5-6,13H,3-4,7-12H2,1-2H3;1H. The minimum absolute atomic E-state index is 0. The van der Waals surface area contributed by atoms with Gasteiger partial charge in [-0.05, 0) is 44.6 Å². The Hall–Kier alpha value is -1.46. The molecule has 134 valence electrons. The number of carbonyl (C=O) groups excluding carboxylic acids is 1. The molecule has 0 unspecified atom stereocenters. The number of esters is 1. The summed E-state index contributed by atoms with van der Waals surface area (Å²) >= 11 is 0.